The molecule has 0 aliphatic rings. The Balaban J connectivity index is 2.29. The summed E-state index contributed by atoms with van der Waals surface area (Å²) in [5.74, 6) is -1.15. The Hall–Kier alpha value is -2.57. The van der Waals surface area contributed by atoms with Crippen LogP contribution in [0.5, 0.6) is 5.75 Å². The molecule has 0 radical (unpaired) electrons. The lowest BCUT2D eigenvalue weighted by Gasteiger charge is -2.05. The van der Waals surface area contributed by atoms with Gasteiger partial charge in [-0.3, -0.25) is 9.79 Å². The fraction of sp³-hybridized carbons (Fsp3) is 0.357. The van der Waals surface area contributed by atoms with E-state index >= 15 is 0 Å². The van der Waals surface area contributed by atoms with Gasteiger partial charge in [-0.1, -0.05) is 12.5 Å². The average Bonchev–Trinajstić information content (AvgIpc) is 2.42. The summed E-state index contributed by atoms with van der Waals surface area (Å²) in [4.78, 5) is 26.2. The van der Waals surface area contributed by atoms with Crippen LogP contribution in [0.25, 0.3) is 0 Å². The van der Waals surface area contributed by atoms with Gasteiger partial charge in [-0.2, -0.15) is 0 Å². The number of ether oxygens (including phenoxy) is 1. The normalized spacial score (nSPS) is 9.90. The molecule has 114 valence electrons. The summed E-state index contributed by atoms with van der Waals surface area (Å²) in [5.41, 5.74) is 10.5. The third-order valence-corrected chi connectivity index (χ3v) is 2.65. The van der Waals surface area contributed by atoms with Gasteiger partial charge in [0.2, 0.25) is 0 Å². The number of aromatic carboxylic acids is 1. The van der Waals surface area contributed by atoms with E-state index < -0.39 is 5.97 Å². The summed E-state index contributed by atoms with van der Waals surface area (Å²) in [6.45, 7) is 0.540. The minimum Gasteiger partial charge on any atom is -0.478 e. The smallest absolute Gasteiger partial charge is 0.335 e. The van der Waals surface area contributed by atoms with Crippen LogP contribution >= 0.6 is 0 Å². The van der Waals surface area contributed by atoms with Gasteiger partial charge in [0.25, 0.3) is 0 Å². The summed E-state index contributed by atoms with van der Waals surface area (Å²) >= 11 is 0. The van der Waals surface area contributed by atoms with Crippen LogP contribution in [0, 0.1) is 0 Å². The SMILES string of the molecule is NC(N)=NCCCCCC(=O)Oc1cccc(C(=O)O)c1. The number of unbranched alkanes of at least 4 members (excludes halogenated alkanes) is 2. The summed E-state index contributed by atoms with van der Waals surface area (Å²) in [7, 11) is 0. The van der Waals surface area contributed by atoms with Crippen molar-refractivity contribution in [2.24, 2.45) is 16.5 Å². The first kappa shape index (κ1) is 16.5. The number of nitrogens with two attached hydrogens (primary N) is 2. The van der Waals surface area contributed by atoms with Crippen LogP contribution in [0.15, 0.2) is 29.3 Å². The number of carbonyl (C=O) groups excluding carboxylic acids is 1. The molecule has 7 nitrogen and oxygen atoms in total. The maximum atomic E-state index is 11.6. The van der Waals surface area contributed by atoms with Crippen LogP contribution in [0.4, 0.5) is 0 Å². The highest BCUT2D eigenvalue weighted by atomic mass is 16.5. The second-order valence-corrected chi connectivity index (χ2v) is 4.42. The maximum absolute atomic E-state index is 11.6. The standard InChI is InChI=1S/C14H19N3O4/c15-14(16)17-8-3-1-2-7-12(18)21-11-6-4-5-10(9-11)13(19)20/h4-6,9H,1-3,7-8H2,(H,19,20)(H4,15,16,17). The minimum absolute atomic E-state index is 0.0627. The fourth-order valence-electron chi connectivity index (χ4n) is 1.64. The van der Waals surface area contributed by atoms with E-state index in [4.69, 9.17) is 21.3 Å². The number of esters is 1. The Labute approximate surface area is 122 Å². The highest BCUT2D eigenvalue weighted by Crippen LogP contribution is 2.14. The monoisotopic (exact) mass is 293 g/mol. The summed E-state index contributed by atoms with van der Waals surface area (Å²) < 4.78 is 5.08. The van der Waals surface area contributed by atoms with Crippen molar-refractivity contribution in [1.82, 2.24) is 0 Å². The van der Waals surface area contributed by atoms with E-state index in [-0.39, 0.29) is 29.7 Å². The molecule has 0 fully saturated rings. The Morgan fingerprint density at radius 1 is 1.19 bits per heavy atom. The Morgan fingerprint density at radius 2 is 1.95 bits per heavy atom. The zero-order valence-electron chi connectivity index (χ0n) is 11.6. The van der Waals surface area contributed by atoms with Crippen LogP contribution in [0.1, 0.15) is 36.0 Å². The van der Waals surface area contributed by atoms with Gasteiger partial charge in [-0.25, -0.2) is 4.79 Å². The van der Waals surface area contributed by atoms with Crippen molar-refractivity contribution in [2.45, 2.75) is 25.7 Å². The largest absolute Gasteiger partial charge is 0.478 e. The number of hydrogen-bond acceptors (Lipinski definition) is 4. The van der Waals surface area contributed by atoms with Gasteiger partial charge < -0.3 is 21.3 Å². The highest BCUT2D eigenvalue weighted by Gasteiger charge is 2.08. The molecule has 7 heteroatoms. The van der Waals surface area contributed by atoms with Crippen LogP contribution in [-0.4, -0.2) is 29.5 Å². The van der Waals surface area contributed by atoms with Gasteiger partial charge in [0, 0.05) is 13.0 Å². The zero-order chi connectivity index (χ0) is 15.7. The van der Waals surface area contributed by atoms with Gasteiger partial charge in [-0.15, -0.1) is 0 Å². The number of rotatable bonds is 8. The molecule has 0 spiro atoms. The molecule has 0 saturated heterocycles. The van der Waals surface area contributed by atoms with Gasteiger partial charge in [0.05, 0.1) is 5.56 Å². The van der Waals surface area contributed by atoms with Gasteiger partial charge >= 0.3 is 11.9 Å². The molecule has 5 N–H and O–H groups in total. The summed E-state index contributed by atoms with van der Waals surface area (Å²) in [5, 5.41) is 8.84. The van der Waals surface area contributed by atoms with Crippen molar-refractivity contribution in [3.8, 4) is 5.75 Å². The molecule has 0 amide bonds. The summed E-state index contributed by atoms with van der Waals surface area (Å²) in [6, 6.07) is 5.83. The first-order valence-corrected chi connectivity index (χ1v) is 6.58. The fourth-order valence-corrected chi connectivity index (χ4v) is 1.64. The molecule has 0 bridgehead atoms. The van der Waals surface area contributed by atoms with E-state index in [0.29, 0.717) is 13.0 Å². The first-order chi connectivity index (χ1) is 9.99. The number of carboxylic acid groups (broad SMARTS) is 1. The molecule has 21 heavy (non-hydrogen) atoms. The predicted octanol–water partition coefficient (Wildman–Crippen LogP) is 1.12. The lowest BCUT2D eigenvalue weighted by atomic mass is 10.2. The molecule has 0 saturated carbocycles. The van der Waals surface area contributed by atoms with Crippen LogP contribution in [0.2, 0.25) is 0 Å². The average molecular weight is 293 g/mol. The van der Waals surface area contributed by atoms with Gasteiger partial charge in [-0.05, 0) is 31.0 Å². The molecule has 1 aromatic rings. The molecule has 0 aliphatic heterocycles. The molecule has 0 heterocycles. The van der Waals surface area contributed by atoms with E-state index in [1.54, 1.807) is 6.07 Å². The first-order valence-electron chi connectivity index (χ1n) is 6.58. The lowest BCUT2D eigenvalue weighted by Crippen LogP contribution is -2.22. The predicted molar refractivity (Wildman–Crippen MR) is 78.2 cm³/mol. The Kier molecular flexibility index (Phi) is 6.73. The number of carboxylic acids is 1. The van der Waals surface area contributed by atoms with Gasteiger partial charge in [0.1, 0.15) is 5.75 Å². The van der Waals surface area contributed by atoms with Crippen molar-refractivity contribution < 1.29 is 19.4 Å². The second kappa shape index (κ2) is 8.57. The zero-order valence-corrected chi connectivity index (χ0v) is 11.6. The van der Waals surface area contributed by atoms with E-state index in [9.17, 15) is 9.59 Å². The van der Waals surface area contributed by atoms with Crippen molar-refractivity contribution >= 4 is 17.9 Å². The molecule has 1 rings (SSSR count). The van der Waals surface area contributed by atoms with Crippen molar-refractivity contribution in [3.63, 3.8) is 0 Å². The third-order valence-electron chi connectivity index (χ3n) is 2.65. The number of aliphatic imine (C=N–C) groups is 1. The van der Waals surface area contributed by atoms with Crippen molar-refractivity contribution in [3.05, 3.63) is 29.8 Å². The van der Waals surface area contributed by atoms with Crippen molar-refractivity contribution in [2.75, 3.05) is 6.54 Å². The number of hydrogen-bond donors (Lipinski definition) is 3. The van der Waals surface area contributed by atoms with Crippen LogP contribution < -0.4 is 16.2 Å². The molecule has 0 unspecified atom stereocenters. The van der Waals surface area contributed by atoms with Gasteiger partial charge in [0.15, 0.2) is 5.96 Å². The highest BCUT2D eigenvalue weighted by molar-refractivity contribution is 5.88. The lowest BCUT2D eigenvalue weighted by molar-refractivity contribution is -0.134. The molecule has 0 aliphatic carbocycles. The van der Waals surface area contributed by atoms with E-state index in [2.05, 4.69) is 4.99 Å². The minimum atomic E-state index is -1.06. The molecule has 0 aromatic heterocycles. The quantitative estimate of drug-likeness (QED) is 0.217. The molecule has 1 aromatic carbocycles. The van der Waals surface area contributed by atoms with Crippen molar-refractivity contribution in [1.29, 1.82) is 0 Å². The molecular formula is C14H19N3O4. The second-order valence-electron chi connectivity index (χ2n) is 4.42. The summed E-state index contributed by atoms with van der Waals surface area (Å²) in [6.07, 6.45) is 2.53. The Morgan fingerprint density at radius 3 is 2.62 bits per heavy atom. The number of benzene rings is 1. The molecular weight excluding hydrogens is 274 g/mol. The van der Waals surface area contributed by atoms with E-state index in [1.165, 1.54) is 18.2 Å². The topological polar surface area (TPSA) is 128 Å². The van der Waals surface area contributed by atoms with Crippen LogP contribution in [0.3, 0.4) is 0 Å². The third kappa shape index (κ3) is 6.95. The molecule has 0 atom stereocenters. The van der Waals surface area contributed by atoms with Crippen LogP contribution in [-0.2, 0) is 4.79 Å². The number of guanidine groups is 1. The maximum Gasteiger partial charge on any atom is 0.335 e. The van der Waals surface area contributed by atoms with E-state index in [1.807, 2.05) is 0 Å². The van der Waals surface area contributed by atoms with E-state index in [0.717, 1.165) is 12.8 Å². The number of nitrogens with zero attached hydrogens (tertiary/aromatic N) is 1. The Bertz CT molecular complexity index is 525. The number of carbonyl (C=O) groups is 2.